The van der Waals surface area contributed by atoms with Gasteiger partial charge in [0.25, 0.3) is 0 Å². The van der Waals surface area contributed by atoms with Crippen LogP contribution in [0.3, 0.4) is 0 Å². The maximum absolute atomic E-state index is 6.12. The molecule has 286 valence electrons. The zero-order chi connectivity index (χ0) is 37.8. The van der Waals surface area contributed by atoms with E-state index >= 15 is 0 Å². The van der Waals surface area contributed by atoms with Gasteiger partial charge >= 0.3 is 0 Å². The second kappa shape index (κ2) is 19.3. The maximum atomic E-state index is 6.12. The largest absolute Gasteiger partial charge is 0.378 e. The summed E-state index contributed by atoms with van der Waals surface area (Å²) >= 11 is 0. The first-order valence-corrected chi connectivity index (χ1v) is 17.8. The van der Waals surface area contributed by atoms with Gasteiger partial charge < -0.3 is 38.5 Å². The molecule has 0 aliphatic carbocycles. The molecule has 0 saturated carbocycles. The lowest BCUT2D eigenvalue weighted by molar-refractivity contribution is -0.172. The molecule has 8 heteroatoms. The first kappa shape index (κ1) is 48.8. The molecule has 0 aromatic heterocycles. The van der Waals surface area contributed by atoms with Crippen molar-refractivity contribution in [3.63, 3.8) is 0 Å². The van der Waals surface area contributed by atoms with E-state index in [2.05, 4.69) is 144 Å². The Morgan fingerprint density at radius 3 is 0.787 bits per heavy atom. The molecular formula is C39H83NO7. The average molecular weight is 678 g/mol. The molecule has 0 aliphatic heterocycles. The van der Waals surface area contributed by atoms with Gasteiger partial charge in [0.2, 0.25) is 0 Å². The topological polar surface area (TPSA) is 76.6 Å². The van der Waals surface area contributed by atoms with E-state index in [9.17, 15) is 0 Å². The van der Waals surface area contributed by atoms with Crippen molar-refractivity contribution in [1.29, 1.82) is 0 Å². The lowest BCUT2D eigenvalue weighted by atomic mass is 9.90. The van der Waals surface area contributed by atoms with Crippen LogP contribution >= 0.6 is 0 Å². The van der Waals surface area contributed by atoms with E-state index in [1.807, 2.05) is 13.8 Å². The molecule has 8 nitrogen and oxygen atoms in total. The lowest BCUT2D eigenvalue weighted by Gasteiger charge is -2.41. The Labute approximate surface area is 293 Å². The van der Waals surface area contributed by atoms with E-state index < -0.39 is 0 Å². The molecule has 1 N–H and O–H groups in total. The second-order valence-corrected chi connectivity index (χ2v) is 19.8. The van der Waals surface area contributed by atoms with Crippen LogP contribution in [-0.2, 0) is 33.2 Å². The van der Waals surface area contributed by atoms with Crippen molar-refractivity contribution in [1.82, 2.24) is 5.32 Å². The first-order valence-electron chi connectivity index (χ1n) is 17.8. The molecule has 0 aliphatic rings. The van der Waals surface area contributed by atoms with Crippen LogP contribution in [-0.4, -0.2) is 97.5 Å². The second-order valence-electron chi connectivity index (χ2n) is 19.8. The van der Waals surface area contributed by atoms with E-state index in [0.29, 0.717) is 52.3 Å². The van der Waals surface area contributed by atoms with Crippen molar-refractivity contribution in [3.8, 4) is 0 Å². The summed E-state index contributed by atoms with van der Waals surface area (Å²) in [6, 6.07) is 0.311. The Morgan fingerprint density at radius 1 is 0.362 bits per heavy atom. The van der Waals surface area contributed by atoms with Gasteiger partial charge in [-0.2, -0.15) is 0 Å². The number of hydrogen-bond acceptors (Lipinski definition) is 8. The highest BCUT2D eigenvalue weighted by Gasteiger charge is 2.38. The van der Waals surface area contributed by atoms with Crippen LogP contribution in [0.5, 0.6) is 0 Å². The molecule has 0 atom stereocenters. The third-order valence-corrected chi connectivity index (χ3v) is 6.10. The van der Waals surface area contributed by atoms with Gasteiger partial charge in [0.15, 0.2) is 0 Å². The standard InChI is InChI=1S/C20H42O4.C19H41NO3/c1-16(2)21-12-20(13-22-17(3,4)5,14-23-18(6,7)8)15-24-19(9,10)11;1-15(2)20-19(12-21-16(3,4)5,13-22-17(6,7)8)14-23-18(9,10)11/h16H,12-15H2,1-11H3;15,20H,12-14H2,1-11H3. The quantitative estimate of drug-likeness (QED) is 0.164. The highest BCUT2D eigenvalue weighted by atomic mass is 16.5. The van der Waals surface area contributed by atoms with Gasteiger partial charge in [0.05, 0.1) is 96.9 Å². The smallest absolute Gasteiger partial charge is 0.0892 e. The van der Waals surface area contributed by atoms with Crippen LogP contribution in [0.1, 0.15) is 152 Å². The fourth-order valence-electron chi connectivity index (χ4n) is 3.63. The van der Waals surface area contributed by atoms with Crippen molar-refractivity contribution >= 4 is 0 Å². The lowest BCUT2D eigenvalue weighted by Crippen LogP contribution is -2.60. The SMILES string of the molecule is CC(C)NC(COC(C)(C)C)(COC(C)(C)C)COC(C)(C)C.CC(C)OCC(COC(C)(C)C)(COC(C)(C)C)COC(C)(C)C. The summed E-state index contributed by atoms with van der Waals surface area (Å²) < 4.78 is 42.6. The van der Waals surface area contributed by atoms with Gasteiger partial charge in [-0.05, 0) is 138 Å². The molecule has 0 aromatic carbocycles. The Hall–Kier alpha value is -0.320. The van der Waals surface area contributed by atoms with E-state index in [4.69, 9.17) is 33.2 Å². The molecule has 0 aromatic rings. The summed E-state index contributed by atoms with van der Waals surface area (Å²) in [5.74, 6) is 0. The van der Waals surface area contributed by atoms with Crippen LogP contribution in [0, 0.1) is 5.41 Å². The molecule has 0 rings (SSSR count). The van der Waals surface area contributed by atoms with Crippen LogP contribution in [0.2, 0.25) is 0 Å². The van der Waals surface area contributed by atoms with Gasteiger partial charge in [0, 0.05) is 6.04 Å². The third-order valence-electron chi connectivity index (χ3n) is 6.10. The van der Waals surface area contributed by atoms with Gasteiger partial charge in [0.1, 0.15) is 0 Å². The fraction of sp³-hybridized carbons (Fsp3) is 1.00. The Kier molecular flexibility index (Phi) is 20.1. The van der Waals surface area contributed by atoms with Gasteiger partial charge in [-0.15, -0.1) is 0 Å². The van der Waals surface area contributed by atoms with Crippen molar-refractivity contribution < 1.29 is 33.2 Å². The summed E-state index contributed by atoms with van der Waals surface area (Å²) in [7, 11) is 0. The van der Waals surface area contributed by atoms with Crippen LogP contribution in [0.15, 0.2) is 0 Å². The minimum atomic E-state index is -0.373. The summed E-state index contributed by atoms with van der Waals surface area (Å²) in [5.41, 5.74) is -1.96. The minimum absolute atomic E-state index is 0.156. The number of rotatable bonds is 17. The summed E-state index contributed by atoms with van der Waals surface area (Å²) in [6.07, 6.45) is 0.156. The van der Waals surface area contributed by atoms with Gasteiger partial charge in [-0.25, -0.2) is 0 Å². The normalized spacial score (nSPS) is 14.6. The predicted molar refractivity (Wildman–Crippen MR) is 199 cm³/mol. The van der Waals surface area contributed by atoms with Crippen LogP contribution in [0.4, 0.5) is 0 Å². The number of hydrogen-bond donors (Lipinski definition) is 1. The van der Waals surface area contributed by atoms with E-state index in [-0.39, 0.29) is 50.7 Å². The monoisotopic (exact) mass is 678 g/mol. The molecule has 0 spiro atoms. The maximum Gasteiger partial charge on any atom is 0.0892 e. The Morgan fingerprint density at radius 2 is 0.596 bits per heavy atom. The molecule has 47 heavy (non-hydrogen) atoms. The molecule has 0 radical (unpaired) electrons. The van der Waals surface area contributed by atoms with E-state index in [1.165, 1.54) is 0 Å². The van der Waals surface area contributed by atoms with Crippen LogP contribution < -0.4 is 5.32 Å². The fourth-order valence-corrected chi connectivity index (χ4v) is 3.63. The summed E-state index contributed by atoms with van der Waals surface area (Å²) in [6.45, 7) is 49.4. The average Bonchev–Trinajstić information content (AvgIpc) is 2.81. The van der Waals surface area contributed by atoms with Crippen molar-refractivity contribution in [2.24, 2.45) is 5.41 Å². The summed E-state index contributed by atoms with van der Waals surface area (Å²) in [4.78, 5) is 0. The number of nitrogens with one attached hydrogen (secondary N) is 1. The van der Waals surface area contributed by atoms with E-state index in [0.717, 1.165) is 0 Å². The Balaban J connectivity index is 0. The molecule has 0 bridgehead atoms. The third kappa shape index (κ3) is 31.4. The molecule has 0 saturated heterocycles. The number of ether oxygens (including phenoxy) is 7. The van der Waals surface area contributed by atoms with Crippen molar-refractivity contribution in [2.75, 3.05) is 46.2 Å². The zero-order valence-electron chi connectivity index (χ0n) is 35.5. The molecular weight excluding hydrogens is 594 g/mol. The molecule has 0 amide bonds. The summed E-state index contributed by atoms with van der Waals surface area (Å²) in [5, 5.41) is 3.64. The van der Waals surface area contributed by atoms with Gasteiger partial charge in [-0.1, -0.05) is 13.8 Å². The molecule has 0 heterocycles. The van der Waals surface area contributed by atoms with Crippen molar-refractivity contribution in [3.05, 3.63) is 0 Å². The van der Waals surface area contributed by atoms with Crippen molar-refractivity contribution in [2.45, 2.75) is 204 Å². The first-order chi connectivity index (χ1) is 20.6. The van der Waals surface area contributed by atoms with Crippen LogP contribution in [0.25, 0.3) is 0 Å². The highest BCUT2D eigenvalue weighted by Crippen LogP contribution is 2.28. The molecule has 0 unspecified atom stereocenters. The Bertz CT molecular complexity index is 722. The predicted octanol–water partition coefficient (Wildman–Crippen LogP) is 9.01. The highest BCUT2D eigenvalue weighted by molar-refractivity contribution is 4.92. The van der Waals surface area contributed by atoms with E-state index in [1.54, 1.807) is 0 Å². The van der Waals surface area contributed by atoms with Gasteiger partial charge in [-0.3, -0.25) is 0 Å². The zero-order valence-corrected chi connectivity index (χ0v) is 35.5. The molecule has 0 fully saturated rings. The minimum Gasteiger partial charge on any atom is -0.378 e.